The van der Waals surface area contributed by atoms with Crippen LogP contribution in [0.1, 0.15) is 28.8 Å². The van der Waals surface area contributed by atoms with Gasteiger partial charge in [0.1, 0.15) is 6.61 Å². The molecule has 0 bridgehead atoms. The maximum absolute atomic E-state index is 12.8. The number of nitrogens with one attached hydrogen (secondary N) is 1. The van der Waals surface area contributed by atoms with Crippen molar-refractivity contribution in [2.75, 3.05) is 12.4 Å². The molecule has 0 fully saturated rings. The Balaban J connectivity index is 1.94. The van der Waals surface area contributed by atoms with Gasteiger partial charge in [-0.3, -0.25) is 4.79 Å². The lowest BCUT2D eigenvalue weighted by Gasteiger charge is -2.29. The van der Waals surface area contributed by atoms with Crippen molar-refractivity contribution in [3.05, 3.63) is 105 Å². The van der Waals surface area contributed by atoms with Crippen LogP contribution < -0.4 is 5.32 Å². The summed E-state index contributed by atoms with van der Waals surface area (Å²) in [7, 11) is 0. The number of Topliss-reactive ketones (excluding diaryl/α,β-unsaturated/α-hetero) is 1. The first-order valence-electron chi connectivity index (χ1n) is 9.82. The number of rotatable bonds is 8. The van der Waals surface area contributed by atoms with E-state index in [-0.39, 0.29) is 18.1 Å². The molecule has 0 aliphatic carbocycles. The molecule has 0 spiro atoms. The Morgan fingerprint density at radius 2 is 1.91 bits per heavy atom. The van der Waals surface area contributed by atoms with Crippen molar-refractivity contribution in [1.82, 2.24) is 5.32 Å². The number of nitriles is 1. The number of ether oxygens (including phenoxy) is 1. The monoisotopic (exact) mass is 464 g/mol. The van der Waals surface area contributed by atoms with E-state index in [1.54, 1.807) is 31.2 Å². The summed E-state index contributed by atoms with van der Waals surface area (Å²) in [5.41, 5.74) is 2.63. The summed E-state index contributed by atoms with van der Waals surface area (Å²) in [5, 5.41) is 14.3. The summed E-state index contributed by atoms with van der Waals surface area (Å²) >= 11 is 7.13. The fourth-order valence-corrected chi connectivity index (χ4v) is 4.46. The third kappa shape index (κ3) is 5.31. The third-order valence-corrected chi connectivity index (χ3v) is 6.12. The molecule has 0 amide bonds. The van der Waals surface area contributed by atoms with Crippen LogP contribution >= 0.6 is 23.4 Å². The summed E-state index contributed by atoms with van der Waals surface area (Å²) in [6.45, 7) is 5.40. The quantitative estimate of drug-likeness (QED) is 0.321. The number of allylic oxidation sites excluding steroid dienone is 2. The topological polar surface area (TPSA) is 79.2 Å². The zero-order chi connectivity index (χ0) is 23.1. The molecule has 1 aliphatic heterocycles. The Labute approximate surface area is 196 Å². The van der Waals surface area contributed by atoms with Crippen molar-refractivity contribution in [2.24, 2.45) is 0 Å². The van der Waals surface area contributed by atoms with Gasteiger partial charge in [0.25, 0.3) is 0 Å². The van der Waals surface area contributed by atoms with E-state index >= 15 is 0 Å². The van der Waals surface area contributed by atoms with Crippen LogP contribution in [0.3, 0.4) is 0 Å². The molecule has 3 rings (SSSR count). The van der Waals surface area contributed by atoms with Gasteiger partial charge in [0.05, 0.1) is 33.9 Å². The first-order valence-corrected chi connectivity index (χ1v) is 11.2. The molecular formula is C25H21ClN2O3S. The van der Waals surface area contributed by atoms with Crippen LogP contribution in [0.15, 0.2) is 89.1 Å². The Hall–Kier alpha value is -3.27. The molecule has 1 atom stereocenters. The second kappa shape index (κ2) is 10.9. The van der Waals surface area contributed by atoms with E-state index in [9.17, 15) is 14.9 Å². The van der Waals surface area contributed by atoms with Gasteiger partial charge in [0, 0.05) is 16.3 Å². The van der Waals surface area contributed by atoms with E-state index in [1.807, 2.05) is 30.3 Å². The normalized spacial score (nSPS) is 15.6. The summed E-state index contributed by atoms with van der Waals surface area (Å²) in [6, 6.07) is 18.2. The van der Waals surface area contributed by atoms with Gasteiger partial charge in [-0.25, -0.2) is 4.79 Å². The van der Waals surface area contributed by atoms with E-state index in [1.165, 1.54) is 17.8 Å². The van der Waals surface area contributed by atoms with Crippen molar-refractivity contribution in [3.8, 4) is 6.07 Å². The highest BCUT2D eigenvalue weighted by molar-refractivity contribution is 8.03. The van der Waals surface area contributed by atoms with Crippen molar-refractivity contribution in [1.29, 1.82) is 5.26 Å². The zero-order valence-corrected chi connectivity index (χ0v) is 19.0. The number of dihydropyridines is 1. The van der Waals surface area contributed by atoms with Crippen LogP contribution in [0.5, 0.6) is 0 Å². The molecule has 0 unspecified atom stereocenters. The maximum Gasteiger partial charge on any atom is 0.337 e. The molecule has 1 N–H and O–H groups in total. The van der Waals surface area contributed by atoms with Gasteiger partial charge >= 0.3 is 5.97 Å². The number of carbonyl (C=O) groups is 2. The predicted octanol–water partition coefficient (Wildman–Crippen LogP) is 5.38. The van der Waals surface area contributed by atoms with E-state index in [0.717, 1.165) is 5.56 Å². The highest BCUT2D eigenvalue weighted by atomic mass is 35.5. The Kier molecular flexibility index (Phi) is 7.93. The van der Waals surface area contributed by atoms with Gasteiger partial charge in [-0.05, 0) is 36.8 Å². The van der Waals surface area contributed by atoms with Gasteiger partial charge in [-0.1, -0.05) is 66.3 Å². The number of carbonyl (C=O) groups excluding carboxylic acids is 2. The average Bonchev–Trinajstić information content (AvgIpc) is 2.81. The lowest BCUT2D eigenvalue weighted by molar-refractivity contribution is -0.138. The minimum Gasteiger partial charge on any atom is -0.458 e. The molecule has 5 nitrogen and oxygen atoms in total. The smallest absolute Gasteiger partial charge is 0.337 e. The fraction of sp³-hybridized carbons (Fsp3) is 0.160. The lowest BCUT2D eigenvalue weighted by Crippen LogP contribution is -2.29. The Morgan fingerprint density at radius 1 is 1.22 bits per heavy atom. The van der Waals surface area contributed by atoms with Gasteiger partial charge < -0.3 is 10.1 Å². The second-order valence-electron chi connectivity index (χ2n) is 6.97. The summed E-state index contributed by atoms with van der Waals surface area (Å²) in [5.74, 6) is -1.08. The van der Waals surface area contributed by atoms with Crippen molar-refractivity contribution in [3.63, 3.8) is 0 Å². The van der Waals surface area contributed by atoms with E-state index in [2.05, 4.69) is 18.0 Å². The number of hydrogen-bond acceptors (Lipinski definition) is 6. The SMILES string of the molecule is C=CCOC(=O)C1=C(C)NC(SCC(=O)c2ccc(Cl)cc2)=C(C#N)[C@H]1c1ccccc1. The van der Waals surface area contributed by atoms with Crippen LogP contribution in [-0.4, -0.2) is 24.1 Å². The van der Waals surface area contributed by atoms with E-state index < -0.39 is 11.9 Å². The van der Waals surface area contributed by atoms with Crippen LogP contribution in [0.2, 0.25) is 5.02 Å². The molecule has 2 aromatic carbocycles. The molecule has 0 saturated carbocycles. The molecule has 0 aromatic heterocycles. The molecule has 1 aliphatic rings. The molecule has 7 heteroatoms. The number of benzene rings is 2. The first-order chi connectivity index (χ1) is 15.5. The largest absolute Gasteiger partial charge is 0.458 e. The molecule has 2 aromatic rings. The lowest BCUT2D eigenvalue weighted by atomic mass is 9.82. The van der Waals surface area contributed by atoms with Crippen LogP contribution in [-0.2, 0) is 9.53 Å². The molecular weight excluding hydrogens is 444 g/mol. The van der Waals surface area contributed by atoms with Gasteiger partial charge in [0.15, 0.2) is 5.78 Å². The molecule has 162 valence electrons. The zero-order valence-electron chi connectivity index (χ0n) is 17.4. The minimum atomic E-state index is -0.604. The standard InChI is InChI=1S/C25H21ClN2O3S/c1-3-13-31-25(30)22-16(2)28-24(20(14-27)23(22)18-7-5-4-6-8-18)32-15-21(29)17-9-11-19(26)12-10-17/h3-12,23,28H,1,13,15H2,2H3/t23-/m1/s1. The first kappa shape index (κ1) is 23.4. The van der Waals surface area contributed by atoms with E-state index in [4.69, 9.17) is 16.3 Å². The number of halogens is 1. The number of hydrogen-bond donors (Lipinski definition) is 1. The third-order valence-electron chi connectivity index (χ3n) is 4.85. The summed E-state index contributed by atoms with van der Waals surface area (Å²) in [6.07, 6.45) is 1.49. The second-order valence-corrected chi connectivity index (χ2v) is 8.39. The molecule has 0 saturated heterocycles. The average molecular weight is 465 g/mol. The fourth-order valence-electron chi connectivity index (χ4n) is 3.35. The maximum atomic E-state index is 12.8. The van der Waals surface area contributed by atoms with Gasteiger partial charge in [-0.2, -0.15) is 5.26 Å². The van der Waals surface area contributed by atoms with Gasteiger partial charge in [0.2, 0.25) is 0 Å². The molecule has 32 heavy (non-hydrogen) atoms. The Bertz CT molecular complexity index is 1130. The molecule has 1 heterocycles. The summed E-state index contributed by atoms with van der Waals surface area (Å²) in [4.78, 5) is 25.5. The van der Waals surface area contributed by atoms with Crippen molar-refractivity contribution in [2.45, 2.75) is 12.8 Å². The number of esters is 1. The Morgan fingerprint density at radius 3 is 2.53 bits per heavy atom. The number of thioether (sulfide) groups is 1. The summed E-state index contributed by atoms with van der Waals surface area (Å²) < 4.78 is 5.29. The van der Waals surface area contributed by atoms with Crippen LogP contribution in [0, 0.1) is 11.3 Å². The van der Waals surface area contributed by atoms with Crippen molar-refractivity contribution >= 4 is 35.1 Å². The highest BCUT2D eigenvalue weighted by Gasteiger charge is 2.35. The predicted molar refractivity (Wildman–Crippen MR) is 127 cm³/mol. The number of nitrogens with zero attached hydrogens (tertiary/aromatic N) is 1. The van der Waals surface area contributed by atoms with Crippen LogP contribution in [0.25, 0.3) is 0 Å². The number of ketones is 1. The molecule has 0 radical (unpaired) electrons. The highest BCUT2D eigenvalue weighted by Crippen LogP contribution is 2.41. The minimum absolute atomic E-state index is 0.0694. The van der Waals surface area contributed by atoms with E-state index in [0.29, 0.717) is 32.5 Å². The van der Waals surface area contributed by atoms with Crippen LogP contribution in [0.4, 0.5) is 0 Å². The van der Waals surface area contributed by atoms with Gasteiger partial charge in [-0.15, -0.1) is 0 Å². The van der Waals surface area contributed by atoms with Crippen molar-refractivity contribution < 1.29 is 14.3 Å².